The van der Waals surface area contributed by atoms with E-state index in [0.29, 0.717) is 40.9 Å². The number of anilines is 4. The lowest BCUT2D eigenvalue weighted by molar-refractivity contribution is 0.377. The second-order valence-corrected chi connectivity index (χ2v) is 6.08. The highest BCUT2D eigenvalue weighted by atomic mass is 19.1. The van der Waals surface area contributed by atoms with Gasteiger partial charge in [-0.25, -0.2) is 9.37 Å². The maximum atomic E-state index is 13.7. The Morgan fingerprint density at radius 1 is 1.07 bits per heavy atom. The SMILES string of the molecule is COc1cc(OC)cc(N(c2ccc3c(c2)N=CCO3)c2ncc(F)c(N)n2)c1. The molecule has 8 nitrogen and oxygen atoms in total. The molecule has 0 amide bonds. The molecule has 0 spiro atoms. The number of benzene rings is 2. The normalized spacial score (nSPS) is 12.1. The standard InChI is InChI=1S/C20H18FN5O3/c1-27-14-7-13(8-15(10-14)28-2)26(20-24-11-16(21)19(22)25-20)12-3-4-18-17(9-12)23-5-6-29-18/h3-5,7-11H,6H2,1-2H3,(H2,22,24,25). The van der Waals surface area contributed by atoms with Crippen molar-refractivity contribution in [1.82, 2.24) is 9.97 Å². The van der Waals surface area contributed by atoms with E-state index in [1.165, 1.54) is 0 Å². The fourth-order valence-corrected chi connectivity index (χ4v) is 2.91. The predicted molar refractivity (Wildman–Crippen MR) is 108 cm³/mol. The molecule has 2 N–H and O–H groups in total. The van der Waals surface area contributed by atoms with Gasteiger partial charge in [0, 0.05) is 24.4 Å². The van der Waals surface area contributed by atoms with E-state index in [9.17, 15) is 4.39 Å². The third-order valence-electron chi connectivity index (χ3n) is 4.30. The van der Waals surface area contributed by atoms with E-state index in [1.54, 1.807) is 49.6 Å². The van der Waals surface area contributed by atoms with Gasteiger partial charge in [-0.05, 0) is 18.2 Å². The topological polar surface area (TPSA) is 95.1 Å². The molecule has 0 aliphatic carbocycles. The number of ether oxygens (including phenoxy) is 3. The van der Waals surface area contributed by atoms with Gasteiger partial charge in [0.05, 0.1) is 31.8 Å². The maximum absolute atomic E-state index is 13.7. The molecule has 3 aromatic rings. The first kappa shape index (κ1) is 18.5. The number of hydrogen-bond acceptors (Lipinski definition) is 8. The number of rotatable bonds is 5. The lowest BCUT2D eigenvalue weighted by Crippen LogP contribution is -2.15. The highest BCUT2D eigenvalue weighted by Gasteiger charge is 2.20. The van der Waals surface area contributed by atoms with Crippen molar-refractivity contribution in [3.63, 3.8) is 0 Å². The number of fused-ring (bicyclic) bond motifs is 1. The summed E-state index contributed by atoms with van der Waals surface area (Å²) in [6.07, 6.45) is 2.71. The van der Waals surface area contributed by atoms with Crippen molar-refractivity contribution in [2.75, 3.05) is 31.5 Å². The number of nitrogens with two attached hydrogens (primary N) is 1. The molecule has 1 aliphatic rings. The van der Waals surface area contributed by atoms with Crippen LogP contribution in [0.5, 0.6) is 17.2 Å². The molecule has 0 saturated heterocycles. The Kier molecular flexibility index (Phi) is 4.86. The fourth-order valence-electron chi connectivity index (χ4n) is 2.91. The average molecular weight is 395 g/mol. The zero-order valence-corrected chi connectivity index (χ0v) is 15.8. The van der Waals surface area contributed by atoms with Crippen molar-refractivity contribution in [2.24, 2.45) is 4.99 Å². The molecule has 2 heterocycles. The zero-order chi connectivity index (χ0) is 20.4. The molecule has 4 rings (SSSR count). The smallest absolute Gasteiger partial charge is 0.236 e. The van der Waals surface area contributed by atoms with Gasteiger partial charge >= 0.3 is 0 Å². The molecule has 0 unspecified atom stereocenters. The lowest BCUT2D eigenvalue weighted by Gasteiger charge is -2.25. The molecular formula is C20H18FN5O3. The average Bonchev–Trinajstić information content (AvgIpc) is 2.76. The number of nitrogens with zero attached hydrogens (tertiary/aromatic N) is 4. The molecule has 0 radical (unpaired) electrons. The van der Waals surface area contributed by atoms with Crippen LogP contribution in [0, 0.1) is 5.82 Å². The van der Waals surface area contributed by atoms with Gasteiger partial charge in [0.1, 0.15) is 29.5 Å². The fraction of sp³-hybridized carbons (Fsp3) is 0.150. The summed E-state index contributed by atoms with van der Waals surface area (Å²) in [4.78, 5) is 14.3. The molecule has 1 aliphatic heterocycles. The number of hydrogen-bond donors (Lipinski definition) is 1. The van der Waals surface area contributed by atoms with Gasteiger partial charge in [0.15, 0.2) is 11.6 Å². The number of aromatic nitrogens is 2. The Morgan fingerprint density at radius 2 is 1.83 bits per heavy atom. The Bertz CT molecular complexity index is 1070. The second kappa shape index (κ2) is 7.63. The molecule has 0 bridgehead atoms. The highest BCUT2D eigenvalue weighted by molar-refractivity contribution is 5.80. The largest absolute Gasteiger partial charge is 0.497 e. The third-order valence-corrected chi connectivity index (χ3v) is 4.30. The van der Waals surface area contributed by atoms with Crippen molar-refractivity contribution in [3.8, 4) is 17.2 Å². The summed E-state index contributed by atoms with van der Waals surface area (Å²) in [5, 5.41) is 0. The Morgan fingerprint density at radius 3 is 2.52 bits per heavy atom. The summed E-state index contributed by atoms with van der Waals surface area (Å²) in [5.41, 5.74) is 7.65. The molecule has 0 atom stereocenters. The molecule has 1 aromatic heterocycles. The summed E-state index contributed by atoms with van der Waals surface area (Å²) >= 11 is 0. The van der Waals surface area contributed by atoms with Crippen LogP contribution in [-0.4, -0.2) is 37.0 Å². The first-order chi connectivity index (χ1) is 14.1. The van der Waals surface area contributed by atoms with Crippen LogP contribution < -0.4 is 24.8 Å². The molecule has 9 heteroatoms. The Balaban J connectivity index is 1.91. The van der Waals surface area contributed by atoms with Gasteiger partial charge in [-0.2, -0.15) is 4.98 Å². The van der Waals surface area contributed by atoms with E-state index >= 15 is 0 Å². The molecule has 0 saturated carbocycles. The van der Waals surface area contributed by atoms with Crippen LogP contribution in [0.4, 0.5) is 33.2 Å². The second-order valence-electron chi connectivity index (χ2n) is 6.08. The number of nitrogen functional groups attached to an aromatic ring is 1. The van der Waals surface area contributed by atoms with Crippen LogP contribution in [0.1, 0.15) is 0 Å². The summed E-state index contributed by atoms with van der Waals surface area (Å²) in [5.74, 6) is 1.03. The minimum absolute atomic E-state index is 0.180. The van der Waals surface area contributed by atoms with Crippen molar-refractivity contribution in [2.45, 2.75) is 0 Å². The van der Waals surface area contributed by atoms with Gasteiger partial charge in [0.2, 0.25) is 5.95 Å². The maximum Gasteiger partial charge on any atom is 0.236 e. The molecule has 29 heavy (non-hydrogen) atoms. The van der Waals surface area contributed by atoms with Crippen molar-refractivity contribution >= 4 is 35.0 Å². The minimum atomic E-state index is -0.694. The van der Waals surface area contributed by atoms with E-state index in [0.717, 1.165) is 6.20 Å². The first-order valence-electron chi connectivity index (χ1n) is 8.69. The van der Waals surface area contributed by atoms with Gasteiger partial charge in [-0.15, -0.1) is 0 Å². The number of aliphatic imine (C=N–C) groups is 1. The van der Waals surface area contributed by atoms with Crippen LogP contribution in [0.25, 0.3) is 0 Å². The van der Waals surface area contributed by atoms with E-state index in [4.69, 9.17) is 19.9 Å². The van der Waals surface area contributed by atoms with Gasteiger partial charge in [-0.3, -0.25) is 9.89 Å². The lowest BCUT2D eigenvalue weighted by atomic mass is 10.2. The zero-order valence-electron chi connectivity index (χ0n) is 15.8. The predicted octanol–water partition coefficient (Wildman–Crippen LogP) is 3.78. The van der Waals surface area contributed by atoms with E-state index in [2.05, 4.69) is 15.0 Å². The van der Waals surface area contributed by atoms with Crippen molar-refractivity contribution in [1.29, 1.82) is 0 Å². The molecular weight excluding hydrogens is 377 g/mol. The van der Waals surface area contributed by atoms with Crippen LogP contribution in [-0.2, 0) is 0 Å². The molecule has 148 valence electrons. The van der Waals surface area contributed by atoms with E-state index in [-0.39, 0.29) is 11.8 Å². The van der Waals surface area contributed by atoms with Crippen molar-refractivity contribution in [3.05, 3.63) is 48.4 Å². The third kappa shape index (κ3) is 3.62. The summed E-state index contributed by atoms with van der Waals surface area (Å²) in [6, 6.07) is 10.8. The van der Waals surface area contributed by atoms with Gasteiger partial charge in [-0.1, -0.05) is 0 Å². The van der Waals surface area contributed by atoms with Gasteiger partial charge in [0.25, 0.3) is 0 Å². The first-order valence-corrected chi connectivity index (χ1v) is 8.69. The summed E-state index contributed by atoms with van der Waals surface area (Å²) in [6.45, 7) is 0.417. The van der Waals surface area contributed by atoms with Crippen LogP contribution >= 0.6 is 0 Å². The van der Waals surface area contributed by atoms with Crippen LogP contribution in [0.2, 0.25) is 0 Å². The van der Waals surface area contributed by atoms with Crippen LogP contribution in [0.3, 0.4) is 0 Å². The van der Waals surface area contributed by atoms with E-state index in [1.807, 2.05) is 12.1 Å². The minimum Gasteiger partial charge on any atom is -0.497 e. The molecule has 0 fully saturated rings. The Labute approximate surface area is 166 Å². The number of methoxy groups -OCH3 is 2. The quantitative estimate of drug-likeness (QED) is 0.702. The summed E-state index contributed by atoms with van der Waals surface area (Å²) in [7, 11) is 3.11. The van der Waals surface area contributed by atoms with Crippen molar-refractivity contribution < 1.29 is 18.6 Å². The van der Waals surface area contributed by atoms with Gasteiger partial charge < -0.3 is 19.9 Å². The van der Waals surface area contributed by atoms with E-state index < -0.39 is 5.82 Å². The highest BCUT2D eigenvalue weighted by Crippen LogP contribution is 2.41. The summed E-state index contributed by atoms with van der Waals surface area (Å²) < 4.78 is 30.0. The van der Waals surface area contributed by atoms with Crippen LogP contribution in [0.15, 0.2) is 47.6 Å². The monoisotopic (exact) mass is 395 g/mol. The number of halogens is 1. The molecule has 2 aromatic carbocycles. The Hall–Kier alpha value is -3.88.